The van der Waals surface area contributed by atoms with Crippen molar-refractivity contribution < 1.29 is 264 Å². The molecule has 8 aromatic carbocycles. The topological polar surface area (TPSA) is 569 Å². The van der Waals surface area contributed by atoms with Gasteiger partial charge in [0.1, 0.15) is 36.0 Å². The van der Waals surface area contributed by atoms with E-state index in [-0.39, 0.29) is 250 Å². The standard InChI is InChI=1S/C46H33N12O11S3.6Na.3O3S/c47-26-6-11-28(12-7-26)52-57-38-18-14-31-36(19-16-34(49)42(31)45(38)59)55-53-29-10-5-25(39(21-29)70(61,62)63)4-1-24-2-8-27(9-3-24)51-56-37-20-17-35(50)43-32(37)23-41(72(67,68)69)44(46(43)60)58-54-30-13-15-33(48)40(22-30)71(64,65)66;;;;;;;3*1-4(2)3/h1-2,4-6,8-17,19-23,59-60H,47-50H2,(H,61,62,63)(H,64,65,66)(H,67,68,69);;;;;;;;;/q-3;6*+1;;;/p-3/b4-1+,55-53?,56-51?,57-52?,58-54?;;;;;;;;;. The van der Waals surface area contributed by atoms with E-state index in [2.05, 4.69) is 59.1 Å². The van der Waals surface area contributed by atoms with Crippen LogP contribution in [-0.4, -0.2) is 87.0 Å². The molecule has 0 heterocycles. The van der Waals surface area contributed by atoms with Crippen LogP contribution in [-0.2, 0) is 62.2 Å². The number of fused-ring (bicyclic) bond motifs is 2. The van der Waals surface area contributed by atoms with Crippen molar-refractivity contribution in [1.29, 1.82) is 0 Å². The van der Waals surface area contributed by atoms with Crippen LogP contribution in [0.2, 0.25) is 0 Å². The van der Waals surface area contributed by atoms with Crippen LogP contribution in [0.1, 0.15) is 11.1 Å². The van der Waals surface area contributed by atoms with E-state index in [1.807, 2.05) is 0 Å². The van der Waals surface area contributed by atoms with Gasteiger partial charge in [-0.2, -0.15) is 49.3 Å². The van der Waals surface area contributed by atoms with Crippen LogP contribution in [0.25, 0.3) is 33.7 Å². The van der Waals surface area contributed by atoms with E-state index in [9.17, 15) is 49.1 Å². The van der Waals surface area contributed by atoms with Crippen LogP contribution >= 0.6 is 0 Å². The Hall–Kier alpha value is -4.19. The molecule has 0 radical (unpaired) electrons. The Morgan fingerprint density at radius 2 is 0.833 bits per heavy atom. The number of azo groups is 4. The van der Waals surface area contributed by atoms with Crippen molar-refractivity contribution in [3.63, 3.8) is 0 Å². The predicted molar refractivity (Wildman–Crippen MR) is 290 cm³/mol. The van der Waals surface area contributed by atoms with Crippen LogP contribution in [0, 0.1) is 18.2 Å². The molecule has 8 rings (SSSR count). The fourth-order valence-corrected chi connectivity index (χ4v) is 8.76. The molecule has 0 aromatic heterocycles. The second-order valence-corrected chi connectivity index (χ2v) is 20.9. The van der Waals surface area contributed by atoms with Crippen molar-refractivity contribution >= 4 is 164 Å². The van der Waals surface area contributed by atoms with E-state index >= 15 is 0 Å². The Bertz CT molecular complexity index is 4740. The zero-order valence-corrected chi connectivity index (χ0v) is 64.0. The zero-order valence-electron chi connectivity index (χ0n) is 47.1. The van der Waals surface area contributed by atoms with Gasteiger partial charge in [-0.1, -0.05) is 28.6 Å². The molecular formula is C46H30N12Na6O20S6. The Morgan fingerprint density at radius 3 is 1.32 bits per heavy atom. The predicted octanol–water partition coefficient (Wildman–Crippen LogP) is -11.3. The van der Waals surface area contributed by atoms with Gasteiger partial charge in [-0.05, 0) is 71.9 Å². The Balaban J connectivity index is 0. The first-order chi connectivity index (χ1) is 39.2. The van der Waals surface area contributed by atoms with E-state index in [4.69, 9.17) is 60.8 Å². The summed E-state index contributed by atoms with van der Waals surface area (Å²) in [6.07, 6.45) is 2.82. The molecule has 0 fully saturated rings. The summed E-state index contributed by atoms with van der Waals surface area (Å²) in [5.74, 6) is -1.23. The van der Waals surface area contributed by atoms with Crippen molar-refractivity contribution in [3.8, 4) is 11.5 Å². The van der Waals surface area contributed by atoms with Gasteiger partial charge in [0.05, 0.1) is 37.1 Å². The van der Waals surface area contributed by atoms with E-state index < -0.39 is 94.0 Å². The third-order valence-electron chi connectivity index (χ3n) is 10.3. The van der Waals surface area contributed by atoms with Crippen LogP contribution in [0.4, 0.5) is 68.2 Å². The molecule has 90 heavy (non-hydrogen) atoms. The Morgan fingerprint density at radius 1 is 0.411 bits per heavy atom. The van der Waals surface area contributed by atoms with Crippen molar-refractivity contribution in [2.45, 2.75) is 14.7 Å². The normalized spacial score (nSPS) is 11.0. The quantitative estimate of drug-likeness (QED) is 0.0156. The van der Waals surface area contributed by atoms with E-state index in [0.717, 1.165) is 30.3 Å². The largest absolute Gasteiger partial charge is 1.00 e. The maximum atomic E-state index is 12.4. The fourth-order valence-electron chi connectivity index (χ4n) is 6.82. The van der Waals surface area contributed by atoms with Crippen molar-refractivity contribution in [2.24, 2.45) is 40.9 Å². The molecule has 0 saturated carbocycles. The van der Waals surface area contributed by atoms with Crippen molar-refractivity contribution in [2.75, 3.05) is 22.9 Å². The number of rotatable bonds is 13. The van der Waals surface area contributed by atoms with Crippen LogP contribution in [0.15, 0.2) is 165 Å². The minimum absolute atomic E-state index is 0. The van der Waals surface area contributed by atoms with Gasteiger partial charge in [-0.3, -0.25) is 0 Å². The Kier molecular flexibility index (Phi) is 38.6. The SMILES string of the molecule is Nc1[c-]cc(N=Nc2[c-]cc3c(N=Nc4ccc(/C=C/c5[c-]cc(N=Nc6ccc(N)c7c(O)c(N=Nc8ccc(N)c(S(=O)(=O)[O-])c8)c(S(=O)(=O)[O-])cc67)cc5)c(S(=O)(=O)[O-])c4)ccc(N)c3c2O)cc1.O=S(=O)=O.O=S(=O)=O.O=S(=O)=O.[Na+].[Na+].[Na+].[Na+].[Na+].[Na+]. The molecule has 436 valence electrons. The molecule has 0 aliphatic carbocycles. The fraction of sp³-hybridized carbons (Fsp3) is 0. The molecule has 0 unspecified atom stereocenters. The second kappa shape index (κ2) is 39.5. The van der Waals surface area contributed by atoms with E-state index in [1.54, 1.807) is 12.1 Å². The number of phenols is 2. The number of phenolic OH excluding ortho intramolecular Hbond substituents is 2. The molecule has 0 amide bonds. The third kappa shape index (κ3) is 26.3. The van der Waals surface area contributed by atoms with Gasteiger partial charge in [0.25, 0.3) is 0 Å². The van der Waals surface area contributed by atoms with Crippen molar-refractivity contribution in [1.82, 2.24) is 0 Å². The monoisotopic (exact) mass is 1400 g/mol. The molecule has 8 aromatic rings. The van der Waals surface area contributed by atoms with E-state index in [0.29, 0.717) is 22.3 Å². The molecule has 0 bridgehead atoms. The number of nitrogen functional groups attached to an aromatic ring is 4. The summed E-state index contributed by atoms with van der Waals surface area (Å²) >= 11 is 0. The van der Waals surface area contributed by atoms with Crippen molar-refractivity contribution in [3.05, 3.63) is 139 Å². The summed E-state index contributed by atoms with van der Waals surface area (Å²) in [4.78, 5) is -2.50. The first kappa shape index (κ1) is 87.9. The Labute approximate surface area is 647 Å². The average Bonchev–Trinajstić information content (AvgIpc) is 0.841. The van der Waals surface area contributed by atoms with Crippen LogP contribution < -0.4 is 200 Å². The third-order valence-corrected chi connectivity index (χ3v) is 12.9. The van der Waals surface area contributed by atoms with Gasteiger partial charge in [0, 0.05) is 45.3 Å². The number of nitrogens with two attached hydrogens (primary N) is 4. The summed E-state index contributed by atoms with van der Waals surface area (Å²) in [6.45, 7) is 0. The first-order valence-corrected chi connectivity index (χ1v) is 28.9. The molecule has 32 nitrogen and oxygen atoms in total. The number of anilines is 4. The number of benzene rings is 8. The van der Waals surface area contributed by atoms with Gasteiger partial charge in [0.15, 0.2) is 5.75 Å². The molecule has 0 spiro atoms. The zero-order chi connectivity index (χ0) is 62.4. The maximum Gasteiger partial charge on any atom is 1.00 e. The van der Waals surface area contributed by atoms with Crippen LogP contribution in [0.3, 0.4) is 0 Å². The molecule has 44 heteroatoms. The summed E-state index contributed by atoms with van der Waals surface area (Å²) < 4.78 is 185. The van der Waals surface area contributed by atoms with E-state index in [1.165, 1.54) is 78.9 Å². The molecule has 0 aliphatic heterocycles. The van der Waals surface area contributed by atoms with Gasteiger partial charge < -0.3 is 46.8 Å². The molecular weight excluding hydrogens is 1370 g/mol. The number of aromatic hydroxyl groups is 2. The average molecular weight is 1400 g/mol. The number of nitrogens with zero attached hydrogens (tertiary/aromatic N) is 8. The first-order valence-electron chi connectivity index (χ1n) is 21.6. The summed E-state index contributed by atoms with van der Waals surface area (Å²) in [5.41, 5.74) is 23.7. The summed E-state index contributed by atoms with van der Waals surface area (Å²) in [6, 6.07) is 32.4. The number of hydrogen-bond donors (Lipinski definition) is 6. The number of hydrogen-bond acceptors (Lipinski definition) is 32. The molecule has 0 saturated heterocycles. The van der Waals surface area contributed by atoms with Crippen LogP contribution in [0.5, 0.6) is 11.5 Å². The minimum Gasteiger partial charge on any atom is -0.744 e. The molecule has 10 N–H and O–H groups in total. The minimum atomic E-state index is -5.39. The van der Waals surface area contributed by atoms with Gasteiger partial charge in [-0.25, -0.2) is 35.5 Å². The smallest absolute Gasteiger partial charge is 0.744 e. The second-order valence-electron chi connectivity index (χ2n) is 15.7. The molecule has 0 aliphatic rings. The molecule has 0 atom stereocenters. The van der Waals surface area contributed by atoms with Gasteiger partial charge >= 0.3 is 209 Å². The summed E-state index contributed by atoms with van der Waals surface area (Å²) in [5, 5.41) is 54.6. The maximum absolute atomic E-state index is 12.4. The van der Waals surface area contributed by atoms with Gasteiger partial charge in [0.2, 0.25) is 0 Å². The van der Waals surface area contributed by atoms with Gasteiger partial charge in [-0.15, -0.1) is 91.5 Å². The summed E-state index contributed by atoms with van der Waals surface area (Å²) in [7, 11) is -24.8.